The summed E-state index contributed by atoms with van der Waals surface area (Å²) in [5.41, 5.74) is 6.63. The number of ketones is 1. The minimum absolute atomic E-state index is 0.152. The lowest BCUT2D eigenvalue weighted by Crippen LogP contribution is -2.57. The van der Waals surface area contributed by atoms with Crippen molar-refractivity contribution in [3.63, 3.8) is 0 Å². The molecule has 9 nitrogen and oxygen atoms in total. The standard InChI is InChI=1S/C35H41F2N3O6/c1-35(2,3)34(40(33(46)20-41)32(45)19-28(38)29(42)13-14-39-30(43)11-12-31(39)44)26-17-23(25-18-24(36)9-10-27(25)37)16-22(26)15-21-7-5-4-6-8-21/h4-12,18,22-23,26,28,34,41H,13-17,19-20,38H2,1-3H3/t22?,23?,26?,28-,34-/m0/s1. The van der Waals surface area contributed by atoms with Crippen molar-refractivity contribution in [1.29, 1.82) is 0 Å². The molecule has 2 aromatic carbocycles. The van der Waals surface area contributed by atoms with Crippen molar-refractivity contribution in [3.8, 4) is 0 Å². The van der Waals surface area contributed by atoms with Crippen LogP contribution in [0.5, 0.6) is 0 Å². The smallest absolute Gasteiger partial charge is 0.255 e. The Bertz CT molecular complexity index is 1490. The zero-order valence-corrected chi connectivity index (χ0v) is 26.3. The molecule has 46 heavy (non-hydrogen) atoms. The molecule has 3 unspecified atom stereocenters. The summed E-state index contributed by atoms with van der Waals surface area (Å²) >= 11 is 0. The van der Waals surface area contributed by atoms with Crippen LogP contribution in [0.25, 0.3) is 0 Å². The number of amides is 4. The third kappa shape index (κ3) is 8.00. The normalized spacial score (nSPS) is 21.0. The molecule has 4 rings (SSSR count). The Hall–Kier alpha value is -4.09. The zero-order valence-electron chi connectivity index (χ0n) is 26.3. The Kier molecular flexibility index (Phi) is 11.0. The number of nitrogens with two attached hydrogens (primary N) is 1. The van der Waals surface area contributed by atoms with E-state index in [0.29, 0.717) is 19.3 Å². The minimum Gasteiger partial charge on any atom is -0.387 e. The van der Waals surface area contributed by atoms with Crippen LogP contribution in [0.15, 0.2) is 60.7 Å². The van der Waals surface area contributed by atoms with E-state index in [1.807, 2.05) is 51.1 Å². The van der Waals surface area contributed by atoms with E-state index < -0.39 is 77.5 Å². The van der Waals surface area contributed by atoms with E-state index in [0.717, 1.165) is 39.6 Å². The Morgan fingerprint density at radius 2 is 1.65 bits per heavy atom. The van der Waals surface area contributed by atoms with Gasteiger partial charge in [-0.15, -0.1) is 0 Å². The third-order valence-electron chi connectivity index (χ3n) is 9.02. The predicted octanol–water partition coefficient (Wildman–Crippen LogP) is 3.68. The molecule has 5 atom stereocenters. The molecule has 4 amide bonds. The van der Waals surface area contributed by atoms with Crippen molar-refractivity contribution < 1.29 is 37.9 Å². The first kappa shape index (κ1) is 34.8. The Labute approximate surface area is 267 Å². The monoisotopic (exact) mass is 637 g/mol. The van der Waals surface area contributed by atoms with Crippen molar-refractivity contribution in [2.75, 3.05) is 13.2 Å². The van der Waals surface area contributed by atoms with Gasteiger partial charge in [-0.05, 0) is 71.8 Å². The van der Waals surface area contributed by atoms with Crippen LogP contribution >= 0.6 is 0 Å². The fraction of sp³-hybridized carbons (Fsp3) is 0.457. The van der Waals surface area contributed by atoms with Crippen LogP contribution in [0.2, 0.25) is 0 Å². The van der Waals surface area contributed by atoms with E-state index in [-0.39, 0.29) is 30.4 Å². The van der Waals surface area contributed by atoms with Gasteiger partial charge in [0.2, 0.25) is 5.91 Å². The molecule has 1 saturated carbocycles. The van der Waals surface area contributed by atoms with Gasteiger partial charge in [0.25, 0.3) is 17.7 Å². The first-order valence-corrected chi connectivity index (χ1v) is 15.5. The average molecular weight is 638 g/mol. The second-order valence-corrected chi connectivity index (χ2v) is 13.3. The van der Waals surface area contributed by atoms with Crippen molar-refractivity contribution in [1.82, 2.24) is 9.80 Å². The summed E-state index contributed by atoms with van der Waals surface area (Å²) in [6.07, 6.45) is 2.76. The highest BCUT2D eigenvalue weighted by molar-refractivity contribution is 6.13. The summed E-state index contributed by atoms with van der Waals surface area (Å²) in [4.78, 5) is 65.7. The molecule has 0 spiro atoms. The molecule has 0 radical (unpaired) electrons. The fourth-order valence-corrected chi connectivity index (χ4v) is 6.98. The minimum atomic E-state index is -1.33. The molecule has 0 saturated heterocycles. The second-order valence-electron chi connectivity index (χ2n) is 13.3. The lowest BCUT2D eigenvalue weighted by atomic mass is 9.72. The van der Waals surface area contributed by atoms with Gasteiger partial charge >= 0.3 is 0 Å². The Balaban J connectivity index is 1.63. The van der Waals surface area contributed by atoms with Gasteiger partial charge in [-0.2, -0.15) is 0 Å². The van der Waals surface area contributed by atoms with Gasteiger partial charge in [0, 0.05) is 37.6 Å². The van der Waals surface area contributed by atoms with Crippen LogP contribution in [-0.2, 0) is 30.4 Å². The number of carbonyl (C=O) groups is 5. The molecule has 11 heteroatoms. The van der Waals surface area contributed by atoms with E-state index in [1.165, 1.54) is 6.07 Å². The number of rotatable bonds is 12. The molecule has 3 N–H and O–H groups in total. The molecule has 1 fully saturated rings. The van der Waals surface area contributed by atoms with Crippen molar-refractivity contribution in [3.05, 3.63) is 83.4 Å². The van der Waals surface area contributed by atoms with Gasteiger partial charge in [0.15, 0.2) is 5.78 Å². The SMILES string of the molecule is CC(C)(C)[C@H](C1CC(c2cc(F)ccc2F)CC1Cc1ccccc1)N(C(=O)CO)C(=O)C[C@H](N)C(=O)CCN1C(=O)C=CC1=O. The van der Waals surface area contributed by atoms with Crippen molar-refractivity contribution in [2.45, 2.75) is 70.9 Å². The maximum absolute atomic E-state index is 15.0. The Morgan fingerprint density at radius 3 is 2.26 bits per heavy atom. The van der Waals surface area contributed by atoms with Gasteiger partial charge in [-0.3, -0.25) is 33.8 Å². The summed E-state index contributed by atoms with van der Waals surface area (Å²) in [6, 6.07) is 10.9. The summed E-state index contributed by atoms with van der Waals surface area (Å²) < 4.78 is 29.3. The number of carbonyl (C=O) groups excluding carboxylic acids is 5. The van der Waals surface area contributed by atoms with Gasteiger partial charge in [0.05, 0.1) is 6.04 Å². The summed E-state index contributed by atoms with van der Waals surface area (Å²) in [6.45, 7) is 4.42. The summed E-state index contributed by atoms with van der Waals surface area (Å²) in [5, 5.41) is 10.00. The van der Waals surface area contributed by atoms with E-state index in [2.05, 4.69) is 0 Å². The van der Waals surface area contributed by atoms with E-state index in [1.54, 1.807) is 0 Å². The number of hydrogen-bond acceptors (Lipinski definition) is 7. The first-order chi connectivity index (χ1) is 21.7. The van der Waals surface area contributed by atoms with Crippen molar-refractivity contribution in [2.24, 2.45) is 23.0 Å². The van der Waals surface area contributed by atoms with Gasteiger partial charge < -0.3 is 10.8 Å². The molecule has 0 bridgehead atoms. The maximum Gasteiger partial charge on any atom is 0.255 e. The van der Waals surface area contributed by atoms with E-state index >= 15 is 4.39 Å². The van der Waals surface area contributed by atoms with Gasteiger partial charge in [0.1, 0.15) is 18.2 Å². The van der Waals surface area contributed by atoms with Gasteiger partial charge in [-0.1, -0.05) is 51.1 Å². The van der Waals surface area contributed by atoms with Crippen LogP contribution in [0.3, 0.4) is 0 Å². The van der Waals surface area contributed by atoms with Crippen molar-refractivity contribution >= 4 is 29.4 Å². The highest BCUT2D eigenvalue weighted by Crippen LogP contribution is 2.50. The van der Waals surface area contributed by atoms with E-state index in [4.69, 9.17) is 5.73 Å². The molecule has 1 aliphatic heterocycles. The van der Waals surface area contributed by atoms with Crippen LogP contribution in [-0.4, -0.2) is 69.6 Å². The molecule has 246 valence electrons. The zero-order chi connectivity index (χ0) is 33.8. The number of halogens is 2. The Morgan fingerprint density at radius 1 is 1.00 bits per heavy atom. The molecule has 1 aliphatic carbocycles. The number of nitrogens with zero attached hydrogens (tertiary/aromatic N) is 2. The molecule has 2 aliphatic rings. The number of aliphatic hydroxyl groups excluding tert-OH is 1. The van der Waals surface area contributed by atoms with Crippen LogP contribution in [0.1, 0.15) is 63.5 Å². The summed E-state index contributed by atoms with van der Waals surface area (Å²) in [5.74, 6) is -5.30. The molecule has 2 aromatic rings. The van der Waals surface area contributed by atoms with Crippen LogP contribution in [0, 0.1) is 28.9 Å². The molecular weight excluding hydrogens is 596 g/mol. The maximum atomic E-state index is 15.0. The third-order valence-corrected chi connectivity index (χ3v) is 9.02. The largest absolute Gasteiger partial charge is 0.387 e. The number of Topliss-reactive ketones (excluding diaryl/α,β-unsaturated/α-hetero) is 1. The molecule has 1 heterocycles. The molecule has 0 aromatic heterocycles. The van der Waals surface area contributed by atoms with E-state index in [9.17, 15) is 33.5 Å². The van der Waals surface area contributed by atoms with Crippen LogP contribution < -0.4 is 5.73 Å². The lowest BCUT2D eigenvalue weighted by Gasteiger charge is -2.44. The average Bonchev–Trinajstić information content (AvgIpc) is 3.56. The quantitative estimate of drug-likeness (QED) is 0.339. The number of imide groups is 2. The van der Waals surface area contributed by atoms with Gasteiger partial charge in [-0.25, -0.2) is 8.78 Å². The number of aliphatic hydroxyl groups is 1. The summed E-state index contributed by atoms with van der Waals surface area (Å²) in [7, 11) is 0. The molecular formula is C35H41F2N3O6. The first-order valence-electron chi connectivity index (χ1n) is 15.5. The lowest BCUT2D eigenvalue weighted by molar-refractivity contribution is -0.156. The topological polar surface area (TPSA) is 138 Å². The fourth-order valence-electron chi connectivity index (χ4n) is 6.98. The highest BCUT2D eigenvalue weighted by Gasteiger charge is 2.49. The number of hydrogen-bond donors (Lipinski definition) is 2. The highest BCUT2D eigenvalue weighted by atomic mass is 19.1. The predicted molar refractivity (Wildman–Crippen MR) is 166 cm³/mol. The van der Waals surface area contributed by atoms with Crippen LogP contribution in [0.4, 0.5) is 8.78 Å². The second kappa shape index (κ2) is 14.6. The number of benzene rings is 2.